The second-order valence-electron chi connectivity index (χ2n) is 1.95. The van der Waals surface area contributed by atoms with Gasteiger partial charge in [-0.05, 0) is 24.3 Å². The zero-order valence-electron chi connectivity index (χ0n) is 4.39. The quantitative estimate of drug-likeness (QED) is 0.541. The molecule has 0 aromatic carbocycles. The van der Waals surface area contributed by atoms with Gasteiger partial charge in [-0.3, -0.25) is 0 Å². The number of rotatable bonds is 0. The molecule has 1 fully saturated rings. The molecule has 8 heavy (non-hydrogen) atoms. The van der Waals surface area contributed by atoms with Gasteiger partial charge in [0, 0.05) is 6.04 Å². The van der Waals surface area contributed by atoms with Gasteiger partial charge in [0.2, 0.25) is 0 Å². The van der Waals surface area contributed by atoms with E-state index in [1.54, 1.807) is 0 Å². The van der Waals surface area contributed by atoms with Crippen molar-refractivity contribution in [2.24, 2.45) is 5.73 Å². The molecular weight excluding hydrogens is 118 g/mol. The molecule has 0 bridgehead atoms. The Hall–Kier alpha value is 0.310. The van der Waals surface area contributed by atoms with Gasteiger partial charge in [-0.15, -0.1) is 0 Å². The lowest BCUT2D eigenvalue weighted by atomic mass is 10.2. The third-order valence-electron chi connectivity index (χ3n) is 1.27. The van der Waals surface area contributed by atoms with Crippen molar-refractivity contribution in [3.8, 4) is 0 Å². The fraction of sp³-hybridized carbons (Fsp3) is 1.00. The van der Waals surface area contributed by atoms with E-state index in [0.29, 0.717) is 6.04 Å². The van der Waals surface area contributed by atoms with Crippen molar-refractivity contribution in [1.29, 1.82) is 0 Å². The third kappa shape index (κ3) is 2.58. The Morgan fingerprint density at radius 2 is 1.75 bits per heavy atom. The summed E-state index contributed by atoms with van der Waals surface area (Å²) in [6.07, 6.45) is 2.45. The molecule has 0 unspecified atom stereocenters. The molecule has 1 aliphatic rings. The first-order chi connectivity index (χ1) is 3.39. The molecule has 1 rings (SSSR count). The lowest BCUT2D eigenvalue weighted by molar-refractivity contribution is 0.625. The Morgan fingerprint density at radius 1 is 1.25 bits per heavy atom. The number of hydrogen-bond donors (Lipinski definition) is 1. The van der Waals surface area contributed by atoms with Gasteiger partial charge >= 0.3 is 0 Å². The fourth-order valence-electron chi connectivity index (χ4n) is 0.716. The average molecular weight is 133 g/mol. The van der Waals surface area contributed by atoms with Crippen molar-refractivity contribution >= 4 is 11.8 Å². The zero-order valence-corrected chi connectivity index (χ0v) is 5.21. The van der Waals surface area contributed by atoms with Crippen molar-refractivity contribution in [1.82, 2.24) is 0 Å². The Bertz CT molecular complexity index is 50.5. The monoisotopic (exact) mass is 133 g/mol. The summed E-state index contributed by atoms with van der Waals surface area (Å²) in [7, 11) is 0. The highest BCUT2D eigenvalue weighted by atomic mass is 32.2. The molecule has 2 heteroatoms. The van der Waals surface area contributed by atoms with Crippen molar-refractivity contribution in [2.75, 3.05) is 11.5 Å². The van der Waals surface area contributed by atoms with Crippen molar-refractivity contribution in [3.63, 3.8) is 0 Å². The highest BCUT2D eigenvalue weighted by molar-refractivity contribution is 7.99. The van der Waals surface area contributed by atoms with Crippen LogP contribution in [-0.2, 0) is 0 Å². The molecule has 0 saturated carbocycles. The highest BCUT2D eigenvalue weighted by Crippen LogP contribution is 2.14. The minimum atomic E-state index is 0. The first kappa shape index (κ1) is 8.31. The molecule has 1 heterocycles. The van der Waals surface area contributed by atoms with Crippen molar-refractivity contribution < 1.29 is 0 Å². The predicted molar refractivity (Wildman–Crippen MR) is 41.3 cm³/mol. The summed E-state index contributed by atoms with van der Waals surface area (Å²) >= 11 is 2.02. The van der Waals surface area contributed by atoms with Crippen LogP contribution in [0.25, 0.3) is 0 Å². The van der Waals surface area contributed by atoms with Crippen LogP contribution in [0.15, 0.2) is 0 Å². The van der Waals surface area contributed by atoms with E-state index < -0.39 is 0 Å². The molecule has 0 atom stereocenters. The third-order valence-corrected chi connectivity index (χ3v) is 2.31. The van der Waals surface area contributed by atoms with Crippen LogP contribution in [0.2, 0.25) is 0 Å². The van der Waals surface area contributed by atoms with Gasteiger partial charge in [0.05, 0.1) is 0 Å². The minimum Gasteiger partial charge on any atom is -0.328 e. The molecular formula is C6H15NS. The number of nitrogens with two attached hydrogens (primary N) is 1. The molecule has 0 aromatic heterocycles. The summed E-state index contributed by atoms with van der Waals surface area (Å²) in [6, 6.07) is 0.515. The van der Waals surface area contributed by atoms with E-state index in [4.69, 9.17) is 5.73 Å². The SMILES string of the molecule is C.NC1CCSCC1. The maximum Gasteiger partial charge on any atom is 0.00545 e. The summed E-state index contributed by atoms with van der Waals surface area (Å²) in [5.41, 5.74) is 5.62. The first-order valence-electron chi connectivity index (χ1n) is 2.73. The summed E-state index contributed by atoms with van der Waals surface area (Å²) < 4.78 is 0. The van der Waals surface area contributed by atoms with E-state index in [9.17, 15) is 0 Å². The second-order valence-corrected chi connectivity index (χ2v) is 3.17. The van der Waals surface area contributed by atoms with Gasteiger partial charge in [-0.25, -0.2) is 0 Å². The lowest BCUT2D eigenvalue weighted by Gasteiger charge is -2.15. The molecule has 0 spiro atoms. The van der Waals surface area contributed by atoms with Crippen LogP contribution >= 0.6 is 11.8 Å². The van der Waals surface area contributed by atoms with Crippen LogP contribution in [0.5, 0.6) is 0 Å². The normalized spacial score (nSPS) is 22.1. The lowest BCUT2D eigenvalue weighted by Crippen LogP contribution is -2.24. The van der Waals surface area contributed by atoms with Crippen LogP contribution in [0.3, 0.4) is 0 Å². The van der Waals surface area contributed by atoms with Crippen LogP contribution in [0.4, 0.5) is 0 Å². The van der Waals surface area contributed by atoms with Crippen LogP contribution in [0, 0.1) is 0 Å². The summed E-state index contributed by atoms with van der Waals surface area (Å²) in [5.74, 6) is 2.56. The van der Waals surface area contributed by atoms with Gasteiger partial charge in [0.25, 0.3) is 0 Å². The molecule has 1 saturated heterocycles. The fourth-order valence-corrected chi connectivity index (χ4v) is 1.86. The van der Waals surface area contributed by atoms with Gasteiger partial charge in [-0.1, -0.05) is 7.43 Å². The van der Waals surface area contributed by atoms with E-state index in [-0.39, 0.29) is 7.43 Å². The van der Waals surface area contributed by atoms with E-state index in [1.165, 1.54) is 24.3 Å². The zero-order chi connectivity index (χ0) is 5.11. The minimum absolute atomic E-state index is 0. The standard InChI is InChI=1S/C5H11NS.CH4/c6-5-1-3-7-4-2-5;/h5H,1-4,6H2;1H4. The Labute approximate surface area is 56.0 Å². The molecule has 2 N–H and O–H groups in total. The van der Waals surface area contributed by atoms with Crippen LogP contribution < -0.4 is 5.73 Å². The van der Waals surface area contributed by atoms with Gasteiger partial charge < -0.3 is 5.73 Å². The molecule has 0 aromatic rings. The molecule has 1 aliphatic heterocycles. The largest absolute Gasteiger partial charge is 0.328 e. The Morgan fingerprint density at radius 3 is 2.00 bits per heavy atom. The van der Waals surface area contributed by atoms with E-state index in [1.807, 2.05) is 11.8 Å². The Balaban J connectivity index is 0.000000490. The topological polar surface area (TPSA) is 26.0 Å². The van der Waals surface area contributed by atoms with Gasteiger partial charge in [0.1, 0.15) is 0 Å². The summed E-state index contributed by atoms with van der Waals surface area (Å²) in [6.45, 7) is 0. The Kier molecular flexibility index (Phi) is 4.38. The molecule has 50 valence electrons. The first-order valence-corrected chi connectivity index (χ1v) is 3.88. The van der Waals surface area contributed by atoms with Crippen molar-refractivity contribution in [3.05, 3.63) is 0 Å². The summed E-state index contributed by atoms with van der Waals surface area (Å²) in [5, 5.41) is 0. The maximum absolute atomic E-state index is 5.62. The van der Waals surface area contributed by atoms with Gasteiger partial charge in [-0.2, -0.15) is 11.8 Å². The van der Waals surface area contributed by atoms with Crippen LogP contribution in [-0.4, -0.2) is 17.5 Å². The van der Waals surface area contributed by atoms with Crippen molar-refractivity contribution in [2.45, 2.75) is 26.3 Å². The predicted octanol–water partition coefficient (Wildman–Crippen LogP) is 1.48. The second kappa shape index (κ2) is 4.21. The molecule has 0 amide bonds. The highest BCUT2D eigenvalue weighted by Gasteiger charge is 2.06. The molecule has 0 radical (unpaired) electrons. The molecule has 1 nitrogen and oxygen atoms in total. The number of thioether (sulfide) groups is 1. The number of hydrogen-bond acceptors (Lipinski definition) is 2. The maximum atomic E-state index is 5.62. The smallest absolute Gasteiger partial charge is 0.00545 e. The van der Waals surface area contributed by atoms with E-state index >= 15 is 0 Å². The van der Waals surface area contributed by atoms with E-state index in [0.717, 1.165) is 0 Å². The molecule has 0 aliphatic carbocycles. The average Bonchev–Trinajstić information content (AvgIpc) is 1.69. The summed E-state index contributed by atoms with van der Waals surface area (Å²) in [4.78, 5) is 0. The van der Waals surface area contributed by atoms with Gasteiger partial charge in [0.15, 0.2) is 0 Å². The van der Waals surface area contributed by atoms with Crippen LogP contribution in [0.1, 0.15) is 20.3 Å². The van der Waals surface area contributed by atoms with E-state index in [2.05, 4.69) is 0 Å².